The van der Waals surface area contributed by atoms with Crippen LogP contribution in [0.4, 0.5) is 0 Å². The summed E-state index contributed by atoms with van der Waals surface area (Å²) in [4.78, 5) is 21.3. The van der Waals surface area contributed by atoms with Crippen LogP contribution in [0.3, 0.4) is 0 Å². The highest BCUT2D eigenvalue weighted by atomic mass is 127. The summed E-state index contributed by atoms with van der Waals surface area (Å²) in [5.74, 6) is 0.850. The molecule has 0 saturated carbocycles. The van der Waals surface area contributed by atoms with Crippen molar-refractivity contribution in [2.75, 3.05) is 59.6 Å². The number of hydrogen-bond acceptors (Lipinski definition) is 5. The van der Waals surface area contributed by atoms with E-state index in [0.29, 0.717) is 6.61 Å². The van der Waals surface area contributed by atoms with E-state index in [4.69, 9.17) is 9.47 Å². The van der Waals surface area contributed by atoms with E-state index in [1.54, 1.807) is 0 Å². The Balaban J connectivity index is 0.00000341. The molecule has 2 aliphatic heterocycles. The van der Waals surface area contributed by atoms with Gasteiger partial charge < -0.3 is 19.7 Å². The molecule has 1 aromatic carbocycles. The summed E-state index contributed by atoms with van der Waals surface area (Å²) in [6, 6.07) is 9.02. The Kier molecular flexibility index (Phi) is 11.0. The normalized spacial score (nSPS) is 19.5. The molecule has 1 N–H and O–H groups in total. The van der Waals surface area contributed by atoms with Crippen LogP contribution in [-0.4, -0.2) is 81.3 Å². The van der Waals surface area contributed by atoms with E-state index in [-0.39, 0.29) is 41.9 Å². The van der Waals surface area contributed by atoms with Gasteiger partial charge in [0.2, 0.25) is 0 Å². The maximum absolute atomic E-state index is 12.0. The van der Waals surface area contributed by atoms with Crippen molar-refractivity contribution < 1.29 is 14.3 Å². The molecule has 31 heavy (non-hydrogen) atoms. The molecule has 0 spiro atoms. The molecule has 0 amide bonds. The minimum Gasteiger partial charge on any atom is -0.466 e. The number of carbonyl (C=O) groups excluding carboxylic acids is 1. The molecule has 1 aromatic rings. The number of halogens is 1. The lowest BCUT2D eigenvalue weighted by Crippen LogP contribution is -2.50. The van der Waals surface area contributed by atoms with Crippen LogP contribution in [0.2, 0.25) is 0 Å². The highest BCUT2D eigenvalue weighted by Crippen LogP contribution is 2.23. The predicted octanol–water partition coefficient (Wildman–Crippen LogP) is 2.84. The minimum absolute atomic E-state index is 0. The zero-order chi connectivity index (χ0) is 21.3. The molecule has 7 nitrogen and oxygen atoms in total. The van der Waals surface area contributed by atoms with Gasteiger partial charge in [-0.2, -0.15) is 0 Å². The predicted molar refractivity (Wildman–Crippen MR) is 134 cm³/mol. The van der Waals surface area contributed by atoms with Crippen LogP contribution in [0.1, 0.15) is 36.9 Å². The molecule has 2 saturated heterocycles. The smallest absolute Gasteiger partial charge is 0.309 e. The fraction of sp³-hybridized carbons (Fsp3) is 0.652. The Labute approximate surface area is 203 Å². The van der Waals surface area contributed by atoms with Crippen molar-refractivity contribution in [1.29, 1.82) is 0 Å². The molecule has 2 heterocycles. The number of aliphatic imine (C=N–C) groups is 1. The van der Waals surface area contributed by atoms with Crippen LogP contribution in [-0.2, 0) is 14.3 Å². The molecular formula is C23H37IN4O3. The lowest BCUT2D eigenvalue weighted by Gasteiger charge is -2.37. The first-order chi connectivity index (χ1) is 14.6. The molecule has 0 radical (unpaired) electrons. The summed E-state index contributed by atoms with van der Waals surface area (Å²) < 4.78 is 10.8. The fourth-order valence-electron chi connectivity index (χ4n) is 4.33. The van der Waals surface area contributed by atoms with E-state index in [1.165, 1.54) is 11.1 Å². The Morgan fingerprint density at radius 3 is 2.58 bits per heavy atom. The van der Waals surface area contributed by atoms with Gasteiger partial charge in [0.1, 0.15) is 0 Å². The van der Waals surface area contributed by atoms with E-state index in [2.05, 4.69) is 51.3 Å². The molecule has 2 fully saturated rings. The number of nitrogens with one attached hydrogen (secondary N) is 1. The summed E-state index contributed by atoms with van der Waals surface area (Å²) >= 11 is 0. The highest BCUT2D eigenvalue weighted by molar-refractivity contribution is 14.0. The highest BCUT2D eigenvalue weighted by Gasteiger charge is 2.28. The van der Waals surface area contributed by atoms with Crippen LogP contribution in [0.5, 0.6) is 0 Å². The lowest BCUT2D eigenvalue weighted by molar-refractivity contribution is -0.149. The third-order valence-corrected chi connectivity index (χ3v) is 5.99. The molecule has 3 rings (SSSR count). The van der Waals surface area contributed by atoms with Crippen LogP contribution >= 0.6 is 24.0 Å². The van der Waals surface area contributed by atoms with Crippen LogP contribution < -0.4 is 5.32 Å². The number of nitrogens with zero attached hydrogens (tertiary/aromatic N) is 3. The summed E-state index contributed by atoms with van der Waals surface area (Å²) in [5.41, 5.74) is 2.59. The van der Waals surface area contributed by atoms with Gasteiger partial charge in [-0.05, 0) is 32.3 Å². The van der Waals surface area contributed by atoms with Crippen molar-refractivity contribution in [1.82, 2.24) is 15.1 Å². The average molecular weight is 544 g/mol. The van der Waals surface area contributed by atoms with Gasteiger partial charge in [-0.15, -0.1) is 24.0 Å². The third kappa shape index (κ3) is 7.32. The maximum Gasteiger partial charge on any atom is 0.309 e. The Hall–Kier alpha value is -1.39. The molecule has 174 valence electrons. The summed E-state index contributed by atoms with van der Waals surface area (Å²) in [5, 5.41) is 3.60. The Bertz CT molecular complexity index is 717. The number of piperidine rings is 1. The molecular weight excluding hydrogens is 507 g/mol. The first kappa shape index (κ1) is 25.9. The minimum atomic E-state index is -0.0630. The van der Waals surface area contributed by atoms with Gasteiger partial charge >= 0.3 is 5.97 Å². The van der Waals surface area contributed by atoms with Crippen LogP contribution in [0.25, 0.3) is 0 Å². The largest absolute Gasteiger partial charge is 0.466 e. The number of aryl methyl sites for hydroxylation is 1. The molecule has 0 aromatic heterocycles. The summed E-state index contributed by atoms with van der Waals surface area (Å²) in [6.45, 7) is 10.3. The number of ether oxygens (including phenoxy) is 2. The number of likely N-dealkylation sites (tertiary alicyclic amines) is 1. The Morgan fingerprint density at radius 2 is 1.97 bits per heavy atom. The van der Waals surface area contributed by atoms with Gasteiger partial charge in [0.25, 0.3) is 0 Å². The van der Waals surface area contributed by atoms with Gasteiger partial charge in [0.05, 0.1) is 31.8 Å². The monoisotopic (exact) mass is 544 g/mol. The van der Waals surface area contributed by atoms with Crippen molar-refractivity contribution in [3.63, 3.8) is 0 Å². The second kappa shape index (κ2) is 13.2. The van der Waals surface area contributed by atoms with E-state index >= 15 is 0 Å². The van der Waals surface area contributed by atoms with Crippen molar-refractivity contribution in [3.8, 4) is 0 Å². The number of benzene rings is 1. The lowest BCUT2D eigenvalue weighted by atomic mass is 9.97. The number of carbonyl (C=O) groups is 1. The number of morpholine rings is 1. The number of hydrogen-bond donors (Lipinski definition) is 1. The van der Waals surface area contributed by atoms with Crippen molar-refractivity contribution >= 4 is 35.9 Å². The van der Waals surface area contributed by atoms with E-state index in [1.807, 2.05) is 14.0 Å². The summed E-state index contributed by atoms with van der Waals surface area (Å²) in [7, 11) is 1.83. The topological polar surface area (TPSA) is 66.4 Å². The molecule has 2 aliphatic rings. The van der Waals surface area contributed by atoms with E-state index in [0.717, 1.165) is 64.7 Å². The molecule has 1 atom stereocenters. The van der Waals surface area contributed by atoms with Gasteiger partial charge in [-0.25, -0.2) is 0 Å². The zero-order valence-corrected chi connectivity index (χ0v) is 21.3. The Morgan fingerprint density at radius 1 is 1.26 bits per heavy atom. The summed E-state index contributed by atoms with van der Waals surface area (Å²) in [6.07, 6.45) is 1.62. The SMILES string of the molecule is CCOC(=O)C1CCN(C(=NC)NCC(c2cccc(C)c2)N2CCOCC2)CC1.I. The molecule has 8 heteroatoms. The first-order valence-corrected chi connectivity index (χ1v) is 11.1. The first-order valence-electron chi connectivity index (χ1n) is 11.1. The molecule has 0 bridgehead atoms. The fourth-order valence-corrected chi connectivity index (χ4v) is 4.33. The van der Waals surface area contributed by atoms with Gasteiger partial charge in [0, 0.05) is 39.8 Å². The second-order valence-corrected chi connectivity index (χ2v) is 8.02. The number of guanidine groups is 1. The number of rotatable bonds is 6. The molecule has 0 aliphatic carbocycles. The van der Waals surface area contributed by atoms with Gasteiger partial charge in [0.15, 0.2) is 5.96 Å². The van der Waals surface area contributed by atoms with Gasteiger partial charge in [-0.3, -0.25) is 14.7 Å². The number of esters is 1. The standard InChI is InChI=1S/C23H36N4O3.HI/c1-4-30-22(28)19-8-10-27(11-9-19)23(24-3)25-17-21(26-12-14-29-15-13-26)20-7-5-6-18(2)16-20;/h5-7,16,19,21H,4,8-15,17H2,1-3H3,(H,24,25);1H. The second-order valence-electron chi connectivity index (χ2n) is 8.02. The van der Waals surface area contributed by atoms with Crippen LogP contribution in [0, 0.1) is 12.8 Å². The zero-order valence-electron chi connectivity index (χ0n) is 19.0. The third-order valence-electron chi connectivity index (χ3n) is 5.99. The molecule has 1 unspecified atom stereocenters. The van der Waals surface area contributed by atoms with Gasteiger partial charge in [-0.1, -0.05) is 29.8 Å². The van der Waals surface area contributed by atoms with E-state index in [9.17, 15) is 4.79 Å². The quantitative estimate of drug-likeness (QED) is 0.257. The van der Waals surface area contributed by atoms with Crippen molar-refractivity contribution in [3.05, 3.63) is 35.4 Å². The maximum atomic E-state index is 12.0. The van der Waals surface area contributed by atoms with Crippen molar-refractivity contribution in [2.45, 2.75) is 32.7 Å². The van der Waals surface area contributed by atoms with E-state index < -0.39 is 0 Å². The van der Waals surface area contributed by atoms with Crippen molar-refractivity contribution in [2.24, 2.45) is 10.9 Å². The average Bonchev–Trinajstić information content (AvgIpc) is 2.78. The van der Waals surface area contributed by atoms with Crippen LogP contribution in [0.15, 0.2) is 29.3 Å².